The van der Waals surface area contributed by atoms with Crippen LogP contribution in [0.4, 0.5) is 0 Å². The van der Waals surface area contributed by atoms with Gasteiger partial charge in [-0.2, -0.15) is 0 Å². The molecule has 4 heterocycles. The minimum Gasteiger partial charge on any atom is -0.455 e. The Morgan fingerprint density at radius 3 is 1.39 bits per heavy atom. The lowest BCUT2D eigenvalue weighted by molar-refractivity contribution is 0.669. The highest BCUT2D eigenvalue weighted by Crippen LogP contribution is 2.45. The third-order valence-electron chi connectivity index (χ3n) is 11.0. The second kappa shape index (κ2) is 12.3. The molecule has 0 amide bonds. The molecule has 6 nitrogen and oxygen atoms in total. The van der Waals surface area contributed by atoms with Crippen molar-refractivity contribution < 1.29 is 13.3 Å². The van der Waals surface area contributed by atoms with Crippen LogP contribution in [0.2, 0.25) is 0 Å². The fourth-order valence-electron chi connectivity index (χ4n) is 8.30. The van der Waals surface area contributed by atoms with E-state index in [1.165, 1.54) is 0 Å². The fourth-order valence-corrected chi connectivity index (χ4v) is 8.30. The molecule has 0 spiro atoms. The van der Waals surface area contributed by atoms with Crippen LogP contribution in [-0.2, 0) is 0 Å². The van der Waals surface area contributed by atoms with Crippen LogP contribution in [0.1, 0.15) is 0 Å². The minimum atomic E-state index is 0.548. The molecule has 8 aromatic carbocycles. The predicted molar refractivity (Wildman–Crippen MR) is 229 cm³/mol. The first kappa shape index (κ1) is 31.5. The highest BCUT2D eigenvalue weighted by molar-refractivity contribution is 6.19. The van der Waals surface area contributed by atoms with Crippen molar-refractivity contribution in [1.82, 2.24) is 15.0 Å². The van der Waals surface area contributed by atoms with E-state index in [0.29, 0.717) is 17.5 Å². The van der Waals surface area contributed by atoms with Gasteiger partial charge in [-0.15, -0.1) is 0 Å². The van der Waals surface area contributed by atoms with Crippen molar-refractivity contribution in [2.75, 3.05) is 0 Å². The summed E-state index contributed by atoms with van der Waals surface area (Å²) in [6.45, 7) is 0. The Balaban J connectivity index is 1.00. The number of nitrogens with zero attached hydrogens (tertiary/aromatic N) is 3. The van der Waals surface area contributed by atoms with Crippen molar-refractivity contribution in [1.29, 1.82) is 0 Å². The molecule has 0 fully saturated rings. The Labute approximate surface area is 325 Å². The number of hydrogen-bond donors (Lipinski definition) is 0. The molecule has 0 saturated carbocycles. The molecule has 0 aliphatic heterocycles. The van der Waals surface area contributed by atoms with E-state index in [1.54, 1.807) is 0 Å². The summed E-state index contributed by atoms with van der Waals surface area (Å²) in [5, 5.41) is 6.38. The van der Waals surface area contributed by atoms with Crippen molar-refractivity contribution in [3.63, 3.8) is 0 Å². The highest BCUT2D eigenvalue weighted by atomic mass is 16.3. The molecule has 0 bridgehead atoms. The van der Waals surface area contributed by atoms with Gasteiger partial charge in [0.05, 0.1) is 5.56 Å². The lowest BCUT2D eigenvalue weighted by Crippen LogP contribution is -2.00. The number of aromatic nitrogens is 3. The van der Waals surface area contributed by atoms with E-state index < -0.39 is 0 Å². The van der Waals surface area contributed by atoms with Crippen LogP contribution in [0.3, 0.4) is 0 Å². The quantitative estimate of drug-likeness (QED) is 0.175. The third-order valence-corrected chi connectivity index (χ3v) is 11.0. The molecular weight excluding hydrogens is 703 g/mol. The summed E-state index contributed by atoms with van der Waals surface area (Å²) >= 11 is 0. The number of hydrogen-bond acceptors (Lipinski definition) is 6. The van der Waals surface area contributed by atoms with Gasteiger partial charge in [0, 0.05) is 54.6 Å². The molecular formula is C51H29N3O3. The van der Waals surface area contributed by atoms with Crippen molar-refractivity contribution in [2.24, 2.45) is 0 Å². The van der Waals surface area contributed by atoms with Gasteiger partial charge in [-0.3, -0.25) is 0 Å². The Bertz CT molecular complexity index is 3520. The van der Waals surface area contributed by atoms with Crippen LogP contribution >= 0.6 is 0 Å². The largest absolute Gasteiger partial charge is 0.455 e. The topological polar surface area (TPSA) is 78.1 Å². The van der Waals surface area contributed by atoms with Crippen LogP contribution in [-0.4, -0.2) is 15.0 Å². The molecule has 0 atom stereocenters. The maximum atomic E-state index is 6.70. The van der Waals surface area contributed by atoms with E-state index in [1.807, 2.05) is 84.9 Å². The normalized spacial score (nSPS) is 11.9. The first-order valence-electron chi connectivity index (χ1n) is 18.9. The first-order valence-corrected chi connectivity index (χ1v) is 18.9. The summed E-state index contributed by atoms with van der Waals surface area (Å²) in [5.41, 5.74) is 11.6. The zero-order chi connectivity index (χ0) is 37.5. The molecule has 0 aliphatic rings. The summed E-state index contributed by atoms with van der Waals surface area (Å²) in [5.74, 6) is 1.71. The molecule has 0 radical (unpaired) electrons. The highest BCUT2D eigenvalue weighted by Gasteiger charge is 2.21. The number of benzene rings is 8. The van der Waals surface area contributed by atoms with E-state index in [2.05, 4.69) is 91.0 Å². The van der Waals surface area contributed by atoms with Gasteiger partial charge >= 0.3 is 0 Å². The summed E-state index contributed by atoms with van der Waals surface area (Å²) in [4.78, 5) is 15.1. The number of rotatable bonds is 5. The zero-order valence-corrected chi connectivity index (χ0v) is 30.3. The van der Waals surface area contributed by atoms with Gasteiger partial charge in [0.25, 0.3) is 0 Å². The van der Waals surface area contributed by atoms with E-state index >= 15 is 0 Å². The second-order valence-electron chi connectivity index (χ2n) is 14.3. The molecule has 266 valence electrons. The Hall–Kier alpha value is -7.83. The molecule has 4 aromatic heterocycles. The Morgan fingerprint density at radius 2 is 0.719 bits per heavy atom. The molecule has 0 unspecified atom stereocenters. The Kier molecular flexibility index (Phi) is 6.83. The van der Waals surface area contributed by atoms with Crippen molar-refractivity contribution in [3.05, 3.63) is 176 Å². The van der Waals surface area contributed by atoms with Gasteiger partial charge in [-0.05, 0) is 41.5 Å². The Morgan fingerprint density at radius 1 is 0.263 bits per heavy atom. The molecule has 0 saturated heterocycles. The smallest absolute Gasteiger partial charge is 0.167 e. The summed E-state index contributed by atoms with van der Waals surface area (Å²) < 4.78 is 19.6. The van der Waals surface area contributed by atoms with Crippen LogP contribution in [0, 0.1) is 0 Å². The standard InChI is InChI=1S/C51H29N3O3/c1-2-12-31(13-3-1)49-52-50(54-51(53-49)41-20-11-18-38-35-15-5-8-22-43(35)56-47(38)41)32-26-24-30(25-27-32)33-28-29-36(45-40-16-6-9-23-44(40)57-48(33)45)39-19-10-17-37-34-14-4-7-21-42(34)55-46(37)39/h1-29H. The van der Waals surface area contributed by atoms with Crippen LogP contribution in [0.25, 0.3) is 122 Å². The maximum Gasteiger partial charge on any atom is 0.167 e. The molecule has 57 heavy (non-hydrogen) atoms. The SMILES string of the molecule is c1ccc(-c2nc(-c3ccc(-c4ccc(-c5cccc6c5oc5ccccc56)c5c4oc4ccccc45)cc3)nc(-c3cccc4c3oc3ccccc34)n2)cc1. The first-order chi connectivity index (χ1) is 28.2. The van der Waals surface area contributed by atoms with E-state index in [4.69, 9.17) is 28.2 Å². The average molecular weight is 732 g/mol. The van der Waals surface area contributed by atoms with E-state index in [9.17, 15) is 0 Å². The van der Waals surface area contributed by atoms with Crippen molar-refractivity contribution in [3.8, 4) is 56.4 Å². The number of fused-ring (bicyclic) bond motifs is 9. The van der Waals surface area contributed by atoms with Gasteiger partial charge < -0.3 is 13.3 Å². The van der Waals surface area contributed by atoms with Crippen LogP contribution in [0.5, 0.6) is 0 Å². The molecule has 0 aliphatic carbocycles. The van der Waals surface area contributed by atoms with Gasteiger partial charge in [-0.1, -0.05) is 146 Å². The molecule has 0 N–H and O–H groups in total. The zero-order valence-electron chi connectivity index (χ0n) is 30.3. The van der Waals surface area contributed by atoms with Crippen molar-refractivity contribution in [2.45, 2.75) is 0 Å². The van der Waals surface area contributed by atoms with Crippen LogP contribution < -0.4 is 0 Å². The predicted octanol–water partition coefficient (Wildman–Crippen LogP) is 13.9. The molecule has 12 rings (SSSR count). The third kappa shape index (κ3) is 4.94. The lowest BCUT2D eigenvalue weighted by atomic mass is 9.93. The van der Waals surface area contributed by atoms with Gasteiger partial charge in [0.1, 0.15) is 33.5 Å². The number of para-hydroxylation sites is 5. The van der Waals surface area contributed by atoms with Crippen molar-refractivity contribution >= 4 is 65.8 Å². The molecule has 12 aromatic rings. The van der Waals surface area contributed by atoms with Gasteiger partial charge in [0.2, 0.25) is 0 Å². The average Bonchev–Trinajstić information content (AvgIpc) is 3.98. The maximum absolute atomic E-state index is 6.70. The van der Waals surface area contributed by atoms with Gasteiger partial charge in [0.15, 0.2) is 17.5 Å². The second-order valence-corrected chi connectivity index (χ2v) is 14.3. The minimum absolute atomic E-state index is 0.548. The van der Waals surface area contributed by atoms with E-state index in [-0.39, 0.29) is 0 Å². The lowest BCUT2D eigenvalue weighted by Gasteiger charge is -2.11. The van der Waals surface area contributed by atoms with E-state index in [0.717, 1.165) is 105 Å². The summed E-state index contributed by atoms with van der Waals surface area (Å²) in [7, 11) is 0. The summed E-state index contributed by atoms with van der Waals surface area (Å²) in [6.07, 6.45) is 0. The van der Waals surface area contributed by atoms with Crippen LogP contribution in [0.15, 0.2) is 189 Å². The number of furan rings is 3. The monoisotopic (exact) mass is 731 g/mol. The van der Waals surface area contributed by atoms with Gasteiger partial charge in [-0.25, -0.2) is 15.0 Å². The summed E-state index contributed by atoms with van der Waals surface area (Å²) in [6, 6.07) is 59.7. The fraction of sp³-hybridized carbons (Fsp3) is 0. The molecule has 6 heteroatoms.